The van der Waals surface area contributed by atoms with Gasteiger partial charge in [-0.2, -0.15) is 0 Å². The molecule has 13 heteroatoms. The van der Waals surface area contributed by atoms with E-state index in [1.54, 1.807) is 5.38 Å². The van der Waals surface area contributed by atoms with Crippen molar-refractivity contribution in [3.63, 3.8) is 0 Å². The van der Waals surface area contributed by atoms with Gasteiger partial charge in [-0.1, -0.05) is 147 Å². The summed E-state index contributed by atoms with van der Waals surface area (Å²) in [7, 11) is 0. The zero-order chi connectivity index (χ0) is 40.5. The average molecular weight is 819 g/mol. The monoisotopic (exact) mass is 818 g/mol. The van der Waals surface area contributed by atoms with Crippen LogP contribution in [0.2, 0.25) is 0 Å². The SMILES string of the molecule is C1CCC(NC2CCCCC2)CC1.C=CC1=C(C(=O)O)N2C(=O)C(NC(=O)/C(=N\OC(c3ccccc3)(c3ccccc3)c3ccccc3)c3csc(N)n3)[C@H]2SC1. The smallest absolute Gasteiger partial charge is 0.352 e. The molecule has 2 amide bonds. The number of carboxylic acid groups (broad SMARTS) is 1. The van der Waals surface area contributed by atoms with Crippen molar-refractivity contribution in [3.8, 4) is 0 Å². The van der Waals surface area contributed by atoms with Crippen molar-refractivity contribution in [1.82, 2.24) is 20.5 Å². The third-order valence-electron chi connectivity index (χ3n) is 11.2. The fourth-order valence-electron chi connectivity index (χ4n) is 8.27. The van der Waals surface area contributed by atoms with Crippen LogP contribution in [0.5, 0.6) is 0 Å². The van der Waals surface area contributed by atoms with Gasteiger partial charge in [0.1, 0.15) is 22.8 Å². The zero-order valence-corrected chi connectivity index (χ0v) is 34.1. The molecule has 4 aromatic rings. The van der Waals surface area contributed by atoms with Crippen LogP contribution in [0.25, 0.3) is 0 Å². The normalized spacial score (nSPS) is 20.2. The number of hydrogen-bond acceptors (Lipinski definition) is 10. The van der Waals surface area contributed by atoms with E-state index >= 15 is 0 Å². The first-order valence-electron chi connectivity index (χ1n) is 20.0. The Morgan fingerprint density at radius 3 is 1.83 bits per heavy atom. The highest BCUT2D eigenvalue weighted by molar-refractivity contribution is 8.00. The van der Waals surface area contributed by atoms with Gasteiger partial charge >= 0.3 is 5.97 Å². The molecule has 0 spiro atoms. The second-order valence-corrected chi connectivity index (χ2v) is 17.0. The Balaban J connectivity index is 0.000000333. The van der Waals surface area contributed by atoms with E-state index < -0.39 is 34.8 Å². The minimum atomic E-state index is -1.28. The van der Waals surface area contributed by atoms with Gasteiger partial charge in [-0.25, -0.2) is 9.78 Å². The summed E-state index contributed by atoms with van der Waals surface area (Å²) in [5, 5.41) is 22.0. The number of carbonyl (C=O) groups excluding carboxylic acids is 2. The molecule has 1 aromatic heterocycles. The van der Waals surface area contributed by atoms with Crippen LogP contribution in [0.3, 0.4) is 0 Å². The number of fused-ring (bicyclic) bond motifs is 1. The number of thioether (sulfide) groups is 1. The minimum absolute atomic E-state index is 0.132. The Labute approximate surface area is 347 Å². The van der Waals surface area contributed by atoms with Crippen LogP contribution in [-0.4, -0.2) is 67.7 Å². The van der Waals surface area contributed by atoms with Crippen molar-refractivity contribution in [2.24, 2.45) is 5.16 Å². The van der Waals surface area contributed by atoms with Crippen LogP contribution < -0.4 is 16.4 Å². The molecule has 5 N–H and O–H groups in total. The van der Waals surface area contributed by atoms with Crippen molar-refractivity contribution in [2.75, 3.05) is 11.5 Å². The maximum absolute atomic E-state index is 13.9. The summed E-state index contributed by atoms with van der Waals surface area (Å²) in [4.78, 5) is 51.1. The fourth-order valence-corrected chi connectivity index (χ4v) is 10.2. The molecule has 2 atom stereocenters. The first-order valence-corrected chi connectivity index (χ1v) is 22.0. The number of hydrogen-bond donors (Lipinski definition) is 4. The van der Waals surface area contributed by atoms with Gasteiger partial charge in [0, 0.05) is 39.9 Å². The molecule has 11 nitrogen and oxygen atoms in total. The lowest BCUT2D eigenvalue weighted by atomic mass is 9.80. The van der Waals surface area contributed by atoms with Crippen LogP contribution in [0.1, 0.15) is 86.6 Å². The third kappa shape index (κ3) is 8.91. The minimum Gasteiger partial charge on any atom is -0.477 e. The first kappa shape index (κ1) is 40.9. The van der Waals surface area contributed by atoms with Gasteiger partial charge in [-0.3, -0.25) is 14.5 Å². The van der Waals surface area contributed by atoms with E-state index in [9.17, 15) is 19.5 Å². The highest BCUT2D eigenvalue weighted by Gasteiger charge is 2.54. The van der Waals surface area contributed by atoms with Crippen LogP contribution in [0.4, 0.5) is 5.13 Å². The lowest BCUT2D eigenvalue weighted by Gasteiger charge is -2.49. The summed E-state index contributed by atoms with van der Waals surface area (Å²) in [5.41, 5.74) is 7.23. The molecule has 2 aliphatic heterocycles. The Bertz CT molecular complexity index is 2000. The number of rotatable bonds is 12. The van der Waals surface area contributed by atoms with E-state index in [-0.39, 0.29) is 22.2 Å². The molecular weight excluding hydrogens is 769 g/mol. The van der Waals surface area contributed by atoms with E-state index in [0.717, 1.165) is 40.1 Å². The van der Waals surface area contributed by atoms with Gasteiger partial charge in [-0.15, -0.1) is 23.1 Å². The van der Waals surface area contributed by atoms with Crippen molar-refractivity contribution in [2.45, 2.75) is 93.3 Å². The number of amides is 2. The van der Waals surface area contributed by atoms with Crippen molar-refractivity contribution in [3.05, 3.63) is 143 Å². The molecule has 4 aliphatic rings. The molecule has 1 unspecified atom stereocenters. The molecule has 3 aromatic carbocycles. The summed E-state index contributed by atoms with van der Waals surface area (Å²) in [6, 6.07) is 29.3. The standard InChI is InChI=1S/C33H27N5O5S2.C12H23N/c1-2-20-18-44-30-26(29(40)38(30)27(20)31(41)42)36-28(39)25(24-19-45-32(34)35-24)37-43-33(21-12-6-3-7-13-21,22-14-8-4-9-15-22)23-16-10-5-11-17-23;1-3-7-11(8-4-1)13-12-9-5-2-6-10-12/h2-17,19,26,30H,1,18H2,(H2,34,35)(H,36,39)(H,41,42);11-13H,1-10H2/b37-25-;/t26?,30-;/m1./s1. The average Bonchev–Trinajstić information content (AvgIpc) is 3.70. The molecule has 58 heavy (non-hydrogen) atoms. The first-order chi connectivity index (χ1) is 28.3. The van der Waals surface area contributed by atoms with Crippen LogP contribution in [0, 0.1) is 0 Å². The number of nitrogens with zero attached hydrogens (tertiary/aromatic N) is 3. The Morgan fingerprint density at radius 2 is 1.38 bits per heavy atom. The summed E-state index contributed by atoms with van der Waals surface area (Å²) >= 11 is 2.46. The lowest BCUT2D eigenvalue weighted by molar-refractivity contribution is -0.150. The van der Waals surface area contributed by atoms with E-state index in [1.807, 2.05) is 91.0 Å². The molecule has 2 saturated carbocycles. The number of benzene rings is 3. The number of β-lactam (4-membered cyclic amide) rings is 1. The summed E-state index contributed by atoms with van der Waals surface area (Å²) in [6.45, 7) is 3.67. The molecule has 302 valence electrons. The predicted molar refractivity (Wildman–Crippen MR) is 230 cm³/mol. The molecule has 8 rings (SSSR count). The number of carboxylic acids is 1. The number of aromatic nitrogens is 1. The van der Waals surface area contributed by atoms with Crippen molar-refractivity contribution < 1.29 is 24.3 Å². The Kier molecular flexibility index (Phi) is 13.4. The van der Waals surface area contributed by atoms with E-state index in [4.69, 9.17) is 10.6 Å². The molecular formula is C45H50N6O5S2. The van der Waals surface area contributed by atoms with Gasteiger partial charge in [0.25, 0.3) is 11.8 Å². The summed E-state index contributed by atoms with van der Waals surface area (Å²) in [6.07, 6.45) is 16.0. The maximum Gasteiger partial charge on any atom is 0.352 e. The quantitative estimate of drug-likeness (QED) is 0.0489. The Morgan fingerprint density at radius 1 is 0.862 bits per heavy atom. The number of nitrogens with one attached hydrogen (secondary N) is 2. The number of aliphatic carboxylic acids is 1. The highest BCUT2D eigenvalue weighted by Crippen LogP contribution is 2.42. The number of anilines is 1. The number of oxime groups is 1. The van der Waals surface area contributed by atoms with E-state index in [0.29, 0.717) is 11.3 Å². The second kappa shape index (κ2) is 19.0. The number of nitrogen functional groups attached to an aromatic ring is 1. The van der Waals surface area contributed by atoms with Crippen molar-refractivity contribution in [1.29, 1.82) is 0 Å². The van der Waals surface area contributed by atoms with Gasteiger partial charge in [-0.05, 0) is 31.3 Å². The molecule has 0 bridgehead atoms. The number of allylic oxidation sites excluding steroid dienone is 1. The molecule has 3 heterocycles. The van der Waals surface area contributed by atoms with Crippen LogP contribution in [0.15, 0.2) is 125 Å². The third-order valence-corrected chi connectivity index (χ3v) is 13.2. The zero-order valence-electron chi connectivity index (χ0n) is 32.4. The largest absolute Gasteiger partial charge is 0.477 e. The van der Waals surface area contributed by atoms with Gasteiger partial charge < -0.3 is 26.3 Å². The van der Waals surface area contributed by atoms with Crippen LogP contribution >= 0.6 is 23.1 Å². The number of nitrogens with two attached hydrogens (primary N) is 1. The van der Waals surface area contributed by atoms with Crippen LogP contribution in [-0.2, 0) is 24.8 Å². The predicted octanol–water partition coefficient (Wildman–Crippen LogP) is 7.60. The molecule has 3 fully saturated rings. The van der Waals surface area contributed by atoms with Crippen molar-refractivity contribution >= 4 is 51.7 Å². The lowest BCUT2D eigenvalue weighted by Crippen LogP contribution is -2.71. The fraction of sp³-hybridized carbons (Fsp3) is 0.356. The summed E-state index contributed by atoms with van der Waals surface area (Å²) < 4.78 is 0. The molecule has 0 radical (unpaired) electrons. The summed E-state index contributed by atoms with van der Waals surface area (Å²) in [5.74, 6) is -2.19. The number of carbonyl (C=O) groups is 3. The topological polar surface area (TPSA) is 159 Å². The number of thiazole rings is 1. The molecule has 1 saturated heterocycles. The van der Waals surface area contributed by atoms with Gasteiger partial charge in [0.15, 0.2) is 10.8 Å². The Hall–Kier alpha value is -5.24. The second-order valence-electron chi connectivity index (χ2n) is 15.0. The highest BCUT2D eigenvalue weighted by atomic mass is 32.2. The molecule has 2 aliphatic carbocycles. The van der Waals surface area contributed by atoms with Gasteiger partial charge in [0.2, 0.25) is 5.60 Å². The van der Waals surface area contributed by atoms with E-state index in [1.165, 1.54) is 86.9 Å². The van der Waals surface area contributed by atoms with E-state index in [2.05, 4.69) is 27.4 Å². The van der Waals surface area contributed by atoms with Gasteiger partial charge in [0.05, 0.1) is 0 Å². The maximum atomic E-state index is 13.9.